The first-order chi connectivity index (χ1) is 11.0. The topological polar surface area (TPSA) is 55.1 Å². The number of benzene rings is 2. The summed E-state index contributed by atoms with van der Waals surface area (Å²) in [4.78, 5) is 11.9. The minimum atomic E-state index is -0.305. The van der Waals surface area contributed by atoms with Crippen LogP contribution in [0.5, 0.6) is 0 Å². The maximum absolute atomic E-state index is 12.8. The third kappa shape index (κ3) is 5.95. The second-order valence-electron chi connectivity index (χ2n) is 6.04. The largest absolute Gasteiger partial charge is 0.354 e. The van der Waals surface area contributed by atoms with Gasteiger partial charge in [0.1, 0.15) is 5.82 Å². The summed E-state index contributed by atoms with van der Waals surface area (Å²) >= 11 is 0. The molecule has 5 heteroatoms. The van der Waals surface area contributed by atoms with Crippen LogP contribution in [-0.2, 0) is 11.2 Å². The summed E-state index contributed by atoms with van der Waals surface area (Å²) in [6.45, 7) is 4.66. The lowest BCUT2D eigenvalue weighted by molar-refractivity contribution is -0.120. The fourth-order valence-electron chi connectivity index (χ4n) is 2.32. The van der Waals surface area contributed by atoms with Gasteiger partial charge in [0.2, 0.25) is 5.91 Å². The van der Waals surface area contributed by atoms with Gasteiger partial charge in [-0.2, -0.15) is 0 Å². The standard InChI is InChI=1S/C19H23FN2O.ClH/c1-13(2)15-5-7-16(8-6-15)18(21)12-22-19(23)11-14-3-9-17(20)10-4-14;/h3-10,13,18H,11-12,21H2,1-2H3,(H,22,23);1H. The quantitative estimate of drug-likeness (QED) is 0.834. The lowest BCUT2D eigenvalue weighted by Crippen LogP contribution is -2.32. The van der Waals surface area contributed by atoms with E-state index in [-0.39, 0.29) is 36.6 Å². The first kappa shape index (κ1) is 20.1. The van der Waals surface area contributed by atoms with Crippen LogP contribution in [0.15, 0.2) is 48.5 Å². The fraction of sp³-hybridized carbons (Fsp3) is 0.316. The Hall–Kier alpha value is -1.91. The van der Waals surface area contributed by atoms with Crippen LogP contribution in [0.2, 0.25) is 0 Å². The molecular formula is C19H24ClFN2O. The summed E-state index contributed by atoms with van der Waals surface area (Å²) in [6.07, 6.45) is 0.222. The van der Waals surface area contributed by atoms with Gasteiger partial charge in [-0.05, 0) is 34.7 Å². The van der Waals surface area contributed by atoms with Gasteiger partial charge in [0, 0.05) is 12.6 Å². The minimum Gasteiger partial charge on any atom is -0.354 e. The van der Waals surface area contributed by atoms with Gasteiger partial charge in [0.05, 0.1) is 6.42 Å². The van der Waals surface area contributed by atoms with Gasteiger partial charge in [-0.1, -0.05) is 50.2 Å². The second kappa shape index (κ2) is 9.40. The molecule has 0 aliphatic carbocycles. The number of rotatable bonds is 6. The van der Waals surface area contributed by atoms with Crippen LogP contribution in [0, 0.1) is 5.82 Å². The highest BCUT2D eigenvalue weighted by Crippen LogP contribution is 2.17. The zero-order chi connectivity index (χ0) is 16.8. The molecule has 0 aromatic heterocycles. The van der Waals surface area contributed by atoms with Crippen LogP contribution in [0.1, 0.15) is 42.5 Å². The van der Waals surface area contributed by atoms with E-state index >= 15 is 0 Å². The highest BCUT2D eigenvalue weighted by Gasteiger charge is 2.09. The van der Waals surface area contributed by atoms with Crippen molar-refractivity contribution in [3.05, 3.63) is 71.0 Å². The Labute approximate surface area is 148 Å². The highest BCUT2D eigenvalue weighted by molar-refractivity contribution is 5.85. The Kier molecular flexibility index (Phi) is 7.89. The van der Waals surface area contributed by atoms with Crippen molar-refractivity contribution in [2.45, 2.75) is 32.2 Å². The monoisotopic (exact) mass is 350 g/mol. The molecular weight excluding hydrogens is 327 g/mol. The molecule has 0 fully saturated rings. The zero-order valence-electron chi connectivity index (χ0n) is 14.0. The Balaban J connectivity index is 0.00000288. The molecule has 0 saturated carbocycles. The average molecular weight is 351 g/mol. The van der Waals surface area contributed by atoms with E-state index in [2.05, 4.69) is 31.3 Å². The molecule has 1 atom stereocenters. The first-order valence-corrected chi connectivity index (χ1v) is 7.82. The van der Waals surface area contributed by atoms with E-state index in [9.17, 15) is 9.18 Å². The Morgan fingerprint density at radius 1 is 1.04 bits per heavy atom. The van der Waals surface area contributed by atoms with E-state index in [0.29, 0.717) is 12.5 Å². The number of carbonyl (C=O) groups excluding carboxylic acids is 1. The van der Waals surface area contributed by atoms with Gasteiger partial charge in [-0.15, -0.1) is 12.4 Å². The van der Waals surface area contributed by atoms with Gasteiger partial charge in [-0.25, -0.2) is 4.39 Å². The molecule has 2 aromatic rings. The van der Waals surface area contributed by atoms with Crippen LogP contribution >= 0.6 is 12.4 Å². The van der Waals surface area contributed by atoms with Crippen molar-refractivity contribution in [3.63, 3.8) is 0 Å². The summed E-state index contributed by atoms with van der Waals surface area (Å²) < 4.78 is 12.8. The van der Waals surface area contributed by atoms with Gasteiger partial charge in [-0.3, -0.25) is 4.79 Å². The smallest absolute Gasteiger partial charge is 0.224 e. The van der Waals surface area contributed by atoms with Crippen molar-refractivity contribution in [2.24, 2.45) is 5.73 Å². The van der Waals surface area contributed by atoms with Crippen molar-refractivity contribution in [3.8, 4) is 0 Å². The van der Waals surface area contributed by atoms with Crippen molar-refractivity contribution in [1.29, 1.82) is 0 Å². The van der Waals surface area contributed by atoms with Gasteiger partial charge < -0.3 is 11.1 Å². The molecule has 2 aromatic carbocycles. The van der Waals surface area contributed by atoms with Crippen LogP contribution in [0.3, 0.4) is 0 Å². The van der Waals surface area contributed by atoms with E-state index in [0.717, 1.165) is 11.1 Å². The Morgan fingerprint density at radius 3 is 2.12 bits per heavy atom. The normalized spacial score (nSPS) is 11.7. The van der Waals surface area contributed by atoms with Crippen LogP contribution in [0.25, 0.3) is 0 Å². The number of carbonyl (C=O) groups is 1. The Morgan fingerprint density at radius 2 is 1.58 bits per heavy atom. The molecule has 0 aliphatic rings. The van der Waals surface area contributed by atoms with E-state index < -0.39 is 0 Å². The molecule has 0 heterocycles. The first-order valence-electron chi connectivity index (χ1n) is 7.82. The van der Waals surface area contributed by atoms with Crippen molar-refractivity contribution >= 4 is 18.3 Å². The molecule has 0 aliphatic heterocycles. The average Bonchev–Trinajstić information content (AvgIpc) is 2.55. The molecule has 3 nitrogen and oxygen atoms in total. The van der Waals surface area contributed by atoms with Crippen molar-refractivity contribution in [2.75, 3.05) is 6.54 Å². The van der Waals surface area contributed by atoms with Crippen LogP contribution < -0.4 is 11.1 Å². The summed E-state index contributed by atoms with van der Waals surface area (Å²) in [6, 6.07) is 13.8. The summed E-state index contributed by atoms with van der Waals surface area (Å²) in [7, 11) is 0. The van der Waals surface area contributed by atoms with E-state index in [4.69, 9.17) is 5.73 Å². The SMILES string of the molecule is CC(C)c1ccc(C(N)CNC(=O)Cc2ccc(F)cc2)cc1.Cl. The predicted molar refractivity (Wildman–Crippen MR) is 97.8 cm³/mol. The Bertz CT molecular complexity index is 641. The lowest BCUT2D eigenvalue weighted by Gasteiger charge is -2.14. The predicted octanol–water partition coefficient (Wildman–Crippen LogP) is 3.73. The molecule has 0 spiro atoms. The number of nitrogens with one attached hydrogen (secondary N) is 1. The number of hydrogen-bond donors (Lipinski definition) is 2. The summed E-state index contributed by atoms with van der Waals surface area (Å²) in [5, 5.41) is 2.82. The number of hydrogen-bond acceptors (Lipinski definition) is 2. The van der Waals surface area contributed by atoms with E-state index in [1.54, 1.807) is 12.1 Å². The molecule has 0 radical (unpaired) electrons. The number of amides is 1. The van der Waals surface area contributed by atoms with Gasteiger partial charge >= 0.3 is 0 Å². The van der Waals surface area contributed by atoms with Crippen LogP contribution in [0.4, 0.5) is 4.39 Å². The van der Waals surface area contributed by atoms with Crippen LogP contribution in [-0.4, -0.2) is 12.5 Å². The summed E-state index contributed by atoms with van der Waals surface area (Å²) in [5.74, 6) is 0.0579. The maximum Gasteiger partial charge on any atom is 0.224 e. The van der Waals surface area contributed by atoms with Crippen molar-refractivity contribution < 1.29 is 9.18 Å². The van der Waals surface area contributed by atoms with Gasteiger partial charge in [0.25, 0.3) is 0 Å². The van der Waals surface area contributed by atoms with Gasteiger partial charge in [0.15, 0.2) is 0 Å². The molecule has 130 valence electrons. The van der Waals surface area contributed by atoms with E-state index in [1.807, 2.05) is 12.1 Å². The molecule has 2 rings (SSSR count). The number of halogens is 2. The maximum atomic E-state index is 12.8. The molecule has 3 N–H and O–H groups in total. The lowest BCUT2D eigenvalue weighted by atomic mass is 9.99. The third-order valence-corrected chi connectivity index (χ3v) is 3.83. The number of nitrogens with two attached hydrogens (primary N) is 1. The summed E-state index contributed by atoms with van der Waals surface area (Å²) in [5.41, 5.74) is 9.16. The highest BCUT2D eigenvalue weighted by atomic mass is 35.5. The zero-order valence-corrected chi connectivity index (χ0v) is 14.8. The fourth-order valence-corrected chi connectivity index (χ4v) is 2.32. The molecule has 1 amide bonds. The molecule has 0 saturated heterocycles. The molecule has 1 unspecified atom stereocenters. The van der Waals surface area contributed by atoms with Crippen molar-refractivity contribution in [1.82, 2.24) is 5.32 Å². The second-order valence-corrected chi connectivity index (χ2v) is 6.04. The molecule has 0 bridgehead atoms. The molecule has 24 heavy (non-hydrogen) atoms. The third-order valence-electron chi connectivity index (χ3n) is 3.83. The minimum absolute atomic E-state index is 0. The van der Waals surface area contributed by atoms with E-state index in [1.165, 1.54) is 17.7 Å².